The lowest BCUT2D eigenvalue weighted by atomic mass is 10.1. The lowest BCUT2D eigenvalue weighted by Crippen LogP contribution is -2.36. The molecule has 0 saturated heterocycles. The Labute approximate surface area is 113 Å². The number of para-hydroxylation sites is 1. The van der Waals surface area contributed by atoms with Crippen molar-refractivity contribution in [2.75, 3.05) is 19.0 Å². The Kier molecular flexibility index (Phi) is 4.17. The van der Waals surface area contributed by atoms with Crippen molar-refractivity contribution in [2.24, 2.45) is 0 Å². The lowest BCUT2D eigenvalue weighted by molar-refractivity contribution is 0.0736. The van der Waals surface area contributed by atoms with Crippen LogP contribution in [0.25, 0.3) is 0 Å². The van der Waals surface area contributed by atoms with Gasteiger partial charge in [-0.3, -0.25) is 4.79 Å². The highest BCUT2D eigenvalue weighted by Gasteiger charge is 2.30. The molecule has 1 saturated carbocycles. The molecule has 1 aromatic rings. The van der Waals surface area contributed by atoms with Crippen molar-refractivity contribution in [1.29, 1.82) is 0 Å². The fourth-order valence-corrected chi connectivity index (χ4v) is 3.32. The second kappa shape index (κ2) is 5.65. The zero-order valence-electron chi connectivity index (χ0n) is 10.9. The lowest BCUT2D eigenvalue weighted by Gasteiger charge is -2.25. The first-order chi connectivity index (χ1) is 8.63. The predicted octanol–water partition coefficient (Wildman–Crippen LogP) is 2.62. The number of nitrogens with two attached hydrogens (primary N) is 1. The van der Waals surface area contributed by atoms with E-state index in [1.54, 1.807) is 12.1 Å². The number of thioether (sulfide) groups is 1. The molecule has 4 heteroatoms. The number of nitrogens with zero attached hydrogens (tertiary/aromatic N) is 1. The molecular weight excluding hydrogens is 244 g/mol. The first-order valence-corrected chi connectivity index (χ1v) is 7.56. The zero-order valence-corrected chi connectivity index (χ0v) is 11.7. The SMILES string of the molecule is CS[C@H]1CC[C@H](N(C)C(=O)c2ccccc2N)C1. The zero-order chi connectivity index (χ0) is 13.1. The first kappa shape index (κ1) is 13.3. The van der Waals surface area contributed by atoms with Gasteiger partial charge in [-0.2, -0.15) is 11.8 Å². The van der Waals surface area contributed by atoms with Gasteiger partial charge in [-0.05, 0) is 37.7 Å². The Morgan fingerprint density at radius 2 is 2.11 bits per heavy atom. The highest BCUT2D eigenvalue weighted by atomic mass is 32.2. The highest BCUT2D eigenvalue weighted by molar-refractivity contribution is 7.99. The molecule has 0 spiro atoms. The van der Waals surface area contributed by atoms with Gasteiger partial charge in [-0.15, -0.1) is 0 Å². The standard InChI is InChI=1S/C14H20N2OS/c1-16(10-7-8-11(9-10)18-2)14(17)12-5-3-4-6-13(12)15/h3-6,10-11H,7-9,15H2,1-2H3/t10-,11-/m0/s1. The van der Waals surface area contributed by atoms with Crippen molar-refractivity contribution in [2.45, 2.75) is 30.6 Å². The van der Waals surface area contributed by atoms with Crippen LogP contribution in [0.1, 0.15) is 29.6 Å². The minimum Gasteiger partial charge on any atom is -0.398 e. The van der Waals surface area contributed by atoms with Gasteiger partial charge in [0.05, 0.1) is 5.56 Å². The molecular formula is C14H20N2OS. The van der Waals surface area contributed by atoms with Crippen molar-refractivity contribution in [3.8, 4) is 0 Å². The molecule has 0 heterocycles. The summed E-state index contributed by atoms with van der Waals surface area (Å²) in [6.45, 7) is 0. The quantitative estimate of drug-likeness (QED) is 0.854. The van der Waals surface area contributed by atoms with E-state index in [1.165, 1.54) is 6.42 Å². The largest absolute Gasteiger partial charge is 0.398 e. The summed E-state index contributed by atoms with van der Waals surface area (Å²) in [4.78, 5) is 14.2. The number of carbonyl (C=O) groups is 1. The van der Waals surface area contributed by atoms with E-state index in [9.17, 15) is 4.79 Å². The molecule has 1 aliphatic carbocycles. The minimum atomic E-state index is 0.0415. The van der Waals surface area contributed by atoms with E-state index < -0.39 is 0 Å². The van der Waals surface area contributed by atoms with Gasteiger partial charge in [0.2, 0.25) is 0 Å². The van der Waals surface area contributed by atoms with E-state index in [0.29, 0.717) is 22.5 Å². The van der Waals surface area contributed by atoms with Crippen LogP contribution in [0.4, 0.5) is 5.69 Å². The average molecular weight is 264 g/mol. The maximum absolute atomic E-state index is 12.4. The molecule has 1 aromatic carbocycles. The number of rotatable bonds is 3. The number of benzene rings is 1. The van der Waals surface area contributed by atoms with E-state index in [1.807, 2.05) is 35.8 Å². The van der Waals surface area contributed by atoms with Gasteiger partial charge in [-0.1, -0.05) is 12.1 Å². The van der Waals surface area contributed by atoms with Crippen molar-refractivity contribution >= 4 is 23.4 Å². The van der Waals surface area contributed by atoms with E-state index in [2.05, 4.69) is 6.26 Å². The normalized spacial score (nSPS) is 23.0. The van der Waals surface area contributed by atoms with Crippen LogP contribution in [0.15, 0.2) is 24.3 Å². The monoisotopic (exact) mass is 264 g/mol. The van der Waals surface area contributed by atoms with E-state index in [-0.39, 0.29) is 5.91 Å². The van der Waals surface area contributed by atoms with Crippen molar-refractivity contribution < 1.29 is 4.79 Å². The molecule has 2 N–H and O–H groups in total. The van der Waals surface area contributed by atoms with Crippen LogP contribution in [0.2, 0.25) is 0 Å². The van der Waals surface area contributed by atoms with Crippen LogP contribution >= 0.6 is 11.8 Å². The van der Waals surface area contributed by atoms with Gasteiger partial charge in [0.1, 0.15) is 0 Å². The van der Waals surface area contributed by atoms with Gasteiger partial charge in [0.25, 0.3) is 5.91 Å². The van der Waals surface area contributed by atoms with Crippen molar-refractivity contribution in [1.82, 2.24) is 4.90 Å². The third-order valence-electron chi connectivity index (χ3n) is 3.75. The summed E-state index contributed by atoms with van der Waals surface area (Å²) in [6, 6.07) is 7.65. The summed E-state index contributed by atoms with van der Waals surface area (Å²) >= 11 is 1.90. The molecule has 3 nitrogen and oxygen atoms in total. The predicted molar refractivity (Wildman–Crippen MR) is 77.9 cm³/mol. The summed E-state index contributed by atoms with van der Waals surface area (Å²) < 4.78 is 0. The first-order valence-electron chi connectivity index (χ1n) is 6.28. The molecule has 0 aliphatic heterocycles. The maximum Gasteiger partial charge on any atom is 0.255 e. The van der Waals surface area contributed by atoms with Crippen LogP contribution in [0.3, 0.4) is 0 Å². The molecule has 0 bridgehead atoms. The molecule has 18 heavy (non-hydrogen) atoms. The number of anilines is 1. The average Bonchev–Trinajstić information content (AvgIpc) is 2.86. The summed E-state index contributed by atoms with van der Waals surface area (Å²) in [7, 11) is 1.89. The molecule has 98 valence electrons. The van der Waals surface area contributed by atoms with Crippen LogP contribution in [0.5, 0.6) is 0 Å². The summed E-state index contributed by atoms with van der Waals surface area (Å²) in [5, 5.41) is 0.693. The topological polar surface area (TPSA) is 46.3 Å². The van der Waals surface area contributed by atoms with Gasteiger partial charge in [0, 0.05) is 24.0 Å². The van der Waals surface area contributed by atoms with Crippen LogP contribution < -0.4 is 5.73 Å². The van der Waals surface area contributed by atoms with E-state index in [0.717, 1.165) is 12.8 Å². The van der Waals surface area contributed by atoms with Crippen LogP contribution in [-0.4, -0.2) is 35.4 Å². The minimum absolute atomic E-state index is 0.0415. The Morgan fingerprint density at radius 3 is 2.72 bits per heavy atom. The molecule has 1 aliphatic rings. The molecule has 0 radical (unpaired) electrons. The summed E-state index contributed by atoms with van der Waals surface area (Å²) in [5.74, 6) is 0.0415. The van der Waals surface area contributed by atoms with Gasteiger partial charge < -0.3 is 10.6 Å². The van der Waals surface area contributed by atoms with Crippen LogP contribution in [-0.2, 0) is 0 Å². The maximum atomic E-state index is 12.4. The van der Waals surface area contributed by atoms with Crippen LogP contribution in [0, 0.1) is 0 Å². The highest BCUT2D eigenvalue weighted by Crippen LogP contribution is 2.31. The molecule has 1 amide bonds. The molecule has 2 atom stereocenters. The van der Waals surface area contributed by atoms with Crippen molar-refractivity contribution in [3.05, 3.63) is 29.8 Å². The number of hydrogen-bond donors (Lipinski definition) is 1. The third kappa shape index (κ3) is 2.64. The van der Waals surface area contributed by atoms with E-state index >= 15 is 0 Å². The Hall–Kier alpha value is -1.16. The van der Waals surface area contributed by atoms with Gasteiger partial charge >= 0.3 is 0 Å². The Morgan fingerprint density at radius 1 is 1.39 bits per heavy atom. The number of carbonyl (C=O) groups excluding carboxylic acids is 1. The fraction of sp³-hybridized carbons (Fsp3) is 0.500. The number of hydrogen-bond acceptors (Lipinski definition) is 3. The van der Waals surface area contributed by atoms with Gasteiger partial charge in [0.15, 0.2) is 0 Å². The van der Waals surface area contributed by atoms with Gasteiger partial charge in [-0.25, -0.2) is 0 Å². The third-order valence-corrected chi connectivity index (χ3v) is 4.84. The smallest absolute Gasteiger partial charge is 0.255 e. The Balaban J connectivity index is 2.08. The number of nitrogen functional groups attached to an aromatic ring is 1. The molecule has 1 fully saturated rings. The molecule has 0 aromatic heterocycles. The van der Waals surface area contributed by atoms with E-state index in [4.69, 9.17) is 5.73 Å². The second-order valence-corrected chi connectivity index (χ2v) is 5.97. The summed E-state index contributed by atoms with van der Waals surface area (Å²) in [5.41, 5.74) is 7.04. The fourth-order valence-electron chi connectivity index (χ4n) is 2.53. The van der Waals surface area contributed by atoms with Crippen molar-refractivity contribution in [3.63, 3.8) is 0 Å². The molecule has 0 unspecified atom stereocenters. The Bertz CT molecular complexity index is 436. The summed E-state index contributed by atoms with van der Waals surface area (Å²) in [6.07, 6.45) is 5.54. The second-order valence-electron chi connectivity index (χ2n) is 4.83. The molecule has 2 rings (SSSR count). The number of amides is 1.